The van der Waals surface area contributed by atoms with Gasteiger partial charge in [-0.15, -0.1) is 0 Å². The summed E-state index contributed by atoms with van der Waals surface area (Å²) in [4.78, 5) is 18.1. The second-order valence-electron chi connectivity index (χ2n) is 6.61. The number of nitrogens with zero attached hydrogens (tertiary/aromatic N) is 2. The first-order valence-corrected chi connectivity index (χ1v) is 8.87. The maximum absolute atomic E-state index is 13.9. The van der Waals surface area contributed by atoms with E-state index < -0.39 is 0 Å². The van der Waals surface area contributed by atoms with Crippen molar-refractivity contribution in [2.75, 3.05) is 20.2 Å². The second kappa shape index (κ2) is 8.17. The minimum atomic E-state index is -0.262. The van der Waals surface area contributed by atoms with E-state index >= 15 is 0 Å². The van der Waals surface area contributed by atoms with E-state index in [-0.39, 0.29) is 23.8 Å². The average molecular weight is 357 g/mol. The Bertz CT molecular complexity index is 760. The highest BCUT2D eigenvalue weighted by molar-refractivity contribution is 5.74. The summed E-state index contributed by atoms with van der Waals surface area (Å²) in [6.45, 7) is 3.18. The van der Waals surface area contributed by atoms with Gasteiger partial charge in [0, 0.05) is 19.3 Å². The number of urea groups is 1. The number of aromatic nitrogens is 1. The number of likely N-dealkylation sites (tertiary alicyclic amines) is 1. The summed E-state index contributed by atoms with van der Waals surface area (Å²) in [5, 5.41) is 3.03. The Labute approximate surface area is 153 Å². The lowest BCUT2D eigenvalue weighted by Gasteiger charge is -2.33. The predicted molar refractivity (Wildman–Crippen MR) is 97.7 cm³/mol. The van der Waals surface area contributed by atoms with E-state index in [0.717, 1.165) is 24.2 Å². The van der Waals surface area contributed by atoms with Gasteiger partial charge in [0.1, 0.15) is 11.6 Å². The molecule has 2 amide bonds. The molecule has 0 unspecified atom stereocenters. The lowest BCUT2D eigenvalue weighted by atomic mass is 9.90. The van der Waals surface area contributed by atoms with Crippen LogP contribution in [0.2, 0.25) is 0 Å². The highest BCUT2D eigenvalue weighted by atomic mass is 19.1. The number of hydrogen-bond acceptors (Lipinski definition) is 3. The van der Waals surface area contributed by atoms with E-state index in [2.05, 4.69) is 10.3 Å². The molecule has 5 nitrogen and oxygen atoms in total. The van der Waals surface area contributed by atoms with Crippen molar-refractivity contribution in [1.82, 2.24) is 15.2 Å². The van der Waals surface area contributed by atoms with Gasteiger partial charge >= 0.3 is 6.03 Å². The summed E-state index contributed by atoms with van der Waals surface area (Å²) < 4.78 is 19.1. The maximum atomic E-state index is 13.9. The molecule has 138 valence electrons. The Morgan fingerprint density at radius 2 is 2.12 bits per heavy atom. The van der Waals surface area contributed by atoms with Gasteiger partial charge in [0.15, 0.2) is 0 Å². The third-order valence-corrected chi connectivity index (χ3v) is 4.96. The second-order valence-corrected chi connectivity index (χ2v) is 6.61. The lowest BCUT2D eigenvalue weighted by molar-refractivity contribution is 0.178. The number of rotatable bonds is 4. The average Bonchev–Trinajstić information content (AvgIpc) is 2.68. The molecule has 0 radical (unpaired) electrons. The Balaban J connectivity index is 1.56. The molecule has 2 heterocycles. The summed E-state index contributed by atoms with van der Waals surface area (Å²) in [7, 11) is 1.62. The van der Waals surface area contributed by atoms with Crippen LogP contribution in [0.1, 0.15) is 42.9 Å². The Hall–Kier alpha value is -2.63. The van der Waals surface area contributed by atoms with E-state index in [1.165, 1.54) is 6.20 Å². The van der Waals surface area contributed by atoms with Crippen molar-refractivity contribution in [1.29, 1.82) is 0 Å². The third kappa shape index (κ3) is 4.12. The minimum absolute atomic E-state index is 0.0889. The fourth-order valence-corrected chi connectivity index (χ4v) is 3.38. The molecule has 1 aromatic heterocycles. The van der Waals surface area contributed by atoms with E-state index in [1.54, 1.807) is 24.3 Å². The number of benzene rings is 1. The number of methoxy groups -OCH3 is 1. The summed E-state index contributed by atoms with van der Waals surface area (Å²) in [5.41, 5.74) is 1.69. The van der Waals surface area contributed by atoms with Gasteiger partial charge in [-0.05, 0) is 55.0 Å². The molecule has 0 aliphatic carbocycles. The third-order valence-electron chi connectivity index (χ3n) is 4.96. The first kappa shape index (κ1) is 18.2. The monoisotopic (exact) mass is 357 g/mol. The van der Waals surface area contributed by atoms with E-state index in [9.17, 15) is 9.18 Å². The molecule has 1 saturated heterocycles. The largest absolute Gasteiger partial charge is 0.497 e. The van der Waals surface area contributed by atoms with Crippen LogP contribution in [0.25, 0.3) is 0 Å². The van der Waals surface area contributed by atoms with Crippen LogP contribution in [0, 0.1) is 5.82 Å². The topological polar surface area (TPSA) is 54.5 Å². The number of amides is 2. The van der Waals surface area contributed by atoms with Gasteiger partial charge in [-0.1, -0.05) is 12.1 Å². The molecule has 1 aliphatic heterocycles. The van der Waals surface area contributed by atoms with Crippen molar-refractivity contribution >= 4 is 6.03 Å². The maximum Gasteiger partial charge on any atom is 0.317 e. The Morgan fingerprint density at radius 1 is 1.35 bits per heavy atom. The Morgan fingerprint density at radius 3 is 2.81 bits per heavy atom. The van der Waals surface area contributed by atoms with Gasteiger partial charge in [0.05, 0.1) is 19.3 Å². The molecule has 26 heavy (non-hydrogen) atoms. The molecule has 3 rings (SSSR count). The normalized spacial score (nSPS) is 16.2. The van der Waals surface area contributed by atoms with Crippen molar-refractivity contribution in [3.8, 4) is 5.75 Å². The molecule has 0 saturated carbocycles. The molecule has 2 aromatic rings. The zero-order chi connectivity index (χ0) is 18.5. The smallest absolute Gasteiger partial charge is 0.317 e. The van der Waals surface area contributed by atoms with Gasteiger partial charge in [-0.25, -0.2) is 9.18 Å². The fourth-order valence-electron chi connectivity index (χ4n) is 3.38. The van der Waals surface area contributed by atoms with Crippen molar-refractivity contribution in [2.45, 2.75) is 31.7 Å². The van der Waals surface area contributed by atoms with Crippen LogP contribution in [0.5, 0.6) is 5.75 Å². The van der Waals surface area contributed by atoms with Crippen LogP contribution in [0.3, 0.4) is 0 Å². The van der Waals surface area contributed by atoms with Gasteiger partial charge < -0.3 is 15.0 Å². The zero-order valence-electron chi connectivity index (χ0n) is 15.1. The lowest BCUT2D eigenvalue weighted by Crippen LogP contribution is -2.44. The molecule has 6 heteroatoms. The number of piperidine rings is 1. The summed E-state index contributed by atoms with van der Waals surface area (Å²) in [6, 6.07) is 9.20. The van der Waals surface area contributed by atoms with Crippen molar-refractivity contribution in [3.05, 3.63) is 59.7 Å². The molecular weight excluding hydrogens is 333 g/mol. The standard InChI is InChI=1S/C20H24FN3O2/c1-14(16-4-3-5-17(12-16)26-2)23-20(25)24-10-7-15(8-11-24)18-6-9-22-13-19(18)21/h3-6,9,12-15H,7-8,10-11H2,1-2H3,(H,23,25)/t14-/m1/s1. The predicted octanol–water partition coefficient (Wildman–Crippen LogP) is 3.88. The van der Waals surface area contributed by atoms with Crippen molar-refractivity contribution in [3.63, 3.8) is 0 Å². The number of carbonyl (C=O) groups is 1. The Kier molecular flexibility index (Phi) is 5.71. The van der Waals surface area contributed by atoms with Crippen LogP contribution in [-0.4, -0.2) is 36.1 Å². The molecule has 1 atom stereocenters. The van der Waals surface area contributed by atoms with Crippen LogP contribution in [-0.2, 0) is 0 Å². The van der Waals surface area contributed by atoms with Gasteiger partial charge in [0.2, 0.25) is 0 Å². The summed E-state index contributed by atoms with van der Waals surface area (Å²) in [5.74, 6) is 0.642. The number of pyridine rings is 1. The number of ether oxygens (including phenoxy) is 1. The minimum Gasteiger partial charge on any atom is -0.497 e. The molecule has 0 spiro atoms. The van der Waals surface area contributed by atoms with Gasteiger partial charge in [-0.3, -0.25) is 4.98 Å². The quantitative estimate of drug-likeness (QED) is 0.903. The molecule has 0 bridgehead atoms. The fraction of sp³-hybridized carbons (Fsp3) is 0.400. The first-order valence-electron chi connectivity index (χ1n) is 8.87. The summed E-state index contributed by atoms with van der Waals surface area (Å²) in [6.07, 6.45) is 4.38. The molecular formula is C20H24FN3O2. The molecule has 1 aromatic carbocycles. The zero-order valence-corrected chi connectivity index (χ0v) is 15.1. The van der Waals surface area contributed by atoms with Gasteiger partial charge in [0.25, 0.3) is 0 Å². The molecule has 1 N–H and O–H groups in total. The van der Waals surface area contributed by atoms with Crippen LogP contribution >= 0.6 is 0 Å². The first-order chi connectivity index (χ1) is 12.6. The van der Waals surface area contributed by atoms with E-state index in [1.807, 2.05) is 31.2 Å². The van der Waals surface area contributed by atoms with E-state index in [0.29, 0.717) is 18.7 Å². The SMILES string of the molecule is COc1cccc([C@@H](C)NC(=O)N2CCC(c3ccncc3F)CC2)c1. The number of hydrogen-bond donors (Lipinski definition) is 1. The van der Waals surface area contributed by atoms with Crippen LogP contribution < -0.4 is 10.1 Å². The molecule has 1 aliphatic rings. The number of halogens is 1. The summed E-state index contributed by atoms with van der Waals surface area (Å²) >= 11 is 0. The van der Waals surface area contributed by atoms with Crippen LogP contribution in [0.15, 0.2) is 42.7 Å². The number of carbonyl (C=O) groups excluding carboxylic acids is 1. The van der Waals surface area contributed by atoms with Crippen molar-refractivity contribution < 1.29 is 13.9 Å². The van der Waals surface area contributed by atoms with E-state index in [4.69, 9.17) is 4.74 Å². The number of nitrogens with one attached hydrogen (secondary N) is 1. The highest BCUT2D eigenvalue weighted by Gasteiger charge is 2.26. The molecule has 1 fully saturated rings. The van der Waals surface area contributed by atoms with Crippen molar-refractivity contribution in [2.24, 2.45) is 0 Å². The van der Waals surface area contributed by atoms with Gasteiger partial charge in [-0.2, -0.15) is 0 Å². The van der Waals surface area contributed by atoms with Crippen LogP contribution in [0.4, 0.5) is 9.18 Å². The highest BCUT2D eigenvalue weighted by Crippen LogP contribution is 2.29.